The molecule has 68 heavy (non-hydrogen) atoms. The number of hydrogen-bond donors (Lipinski definition) is 0. The van der Waals surface area contributed by atoms with E-state index in [0.717, 1.165) is 67.0 Å². The minimum Gasteiger partial charge on any atom is -0.510 e. The second-order valence-corrected chi connectivity index (χ2v) is 20.5. The number of nitrogens with zero attached hydrogens (tertiary/aromatic N) is 5. The molecule has 0 saturated carbocycles. The van der Waals surface area contributed by atoms with Gasteiger partial charge in [0.2, 0.25) is 12.2 Å². The van der Waals surface area contributed by atoms with Gasteiger partial charge in [-0.25, -0.2) is 4.98 Å². The molecular weight excluding hydrogens is 1010 g/mol. The van der Waals surface area contributed by atoms with Crippen LogP contribution in [0.3, 0.4) is 0 Å². The molecule has 342 valence electrons. The van der Waals surface area contributed by atoms with Gasteiger partial charge in [-0.3, -0.25) is 0 Å². The zero-order valence-electron chi connectivity index (χ0n) is 40.1. The van der Waals surface area contributed by atoms with Crippen LogP contribution in [-0.4, -0.2) is 19.3 Å². The fraction of sp³-hybridized carbons (Fsp3) is 0.197. The predicted molar refractivity (Wildman–Crippen MR) is 273 cm³/mol. The van der Waals surface area contributed by atoms with Gasteiger partial charge in [-0.05, 0) is 89.6 Å². The topological polar surface area (TPSA) is 48.8 Å². The van der Waals surface area contributed by atoms with Crippen molar-refractivity contribution in [2.75, 3.05) is 0 Å². The van der Waals surface area contributed by atoms with Crippen molar-refractivity contribution < 1.29 is 30.4 Å². The second kappa shape index (κ2) is 18.0. The van der Waals surface area contributed by atoms with Crippen LogP contribution in [0.5, 0.6) is 11.5 Å². The van der Waals surface area contributed by atoms with Crippen LogP contribution in [0.4, 0.5) is 0 Å². The molecule has 0 atom stereocenters. The van der Waals surface area contributed by atoms with E-state index in [9.17, 15) is 0 Å². The summed E-state index contributed by atoms with van der Waals surface area (Å²) in [6.07, 6.45) is 5.61. The van der Waals surface area contributed by atoms with Gasteiger partial charge in [-0.15, -0.1) is 29.7 Å². The molecule has 0 bridgehead atoms. The number of para-hydroxylation sites is 1. The maximum Gasteiger partial charge on any atom is 0.233 e. The Morgan fingerprint density at radius 1 is 0.529 bits per heavy atom. The molecule has 0 N–H and O–H groups in total. The summed E-state index contributed by atoms with van der Waals surface area (Å²) in [6, 6.07) is 64.5. The molecule has 0 fully saturated rings. The summed E-state index contributed by atoms with van der Waals surface area (Å²) in [7, 11) is 0. The van der Waals surface area contributed by atoms with Crippen LogP contribution in [0.1, 0.15) is 79.0 Å². The monoisotopic (exact) mass is 1070 g/mol. The first-order chi connectivity index (χ1) is 32.1. The fourth-order valence-corrected chi connectivity index (χ4v) is 8.79. The summed E-state index contributed by atoms with van der Waals surface area (Å²) in [5.41, 5.74) is 12.4. The third-order valence-corrected chi connectivity index (χ3v) is 12.6. The largest absolute Gasteiger partial charge is 0.510 e. The fourth-order valence-electron chi connectivity index (χ4n) is 8.79. The molecule has 7 heteroatoms. The Labute approximate surface area is 415 Å². The summed E-state index contributed by atoms with van der Waals surface area (Å²) in [6.45, 7) is 20.3. The Morgan fingerprint density at radius 2 is 1.12 bits per heavy atom. The van der Waals surface area contributed by atoms with E-state index in [1.807, 2.05) is 30.5 Å². The standard InChI is InChI=1S/C61H55N5O.Pt/c1-59(2,3)43-32-33-62-56(37-43)66-54-29-17-16-26-52(54)53-31-30-49(39-55(53)66)67-48-25-18-24-46(38-48)65-40-64(47-35-44(60(4,5)6)34-45(36-47)61(7,8)9)58(63-65)57-50(41-20-12-10-13-21-41)27-19-28-51(57)42-22-14-11-15-23-42;/h10-37H,1-9H3;/q-2;. The Bertz CT molecular complexity index is 3350. The Hall–Kier alpha value is -6.88. The third-order valence-electron chi connectivity index (χ3n) is 12.6. The van der Waals surface area contributed by atoms with Crippen molar-refractivity contribution in [3.8, 4) is 62.3 Å². The minimum absolute atomic E-state index is 0. The molecule has 0 aliphatic rings. The van der Waals surface area contributed by atoms with Gasteiger partial charge in [0, 0.05) is 55.5 Å². The average Bonchev–Trinajstić information content (AvgIpc) is 3.91. The van der Waals surface area contributed by atoms with Crippen LogP contribution in [0.25, 0.3) is 72.6 Å². The van der Waals surface area contributed by atoms with Crippen molar-refractivity contribution >= 4 is 21.8 Å². The number of ether oxygens (including phenoxy) is 1. The molecule has 3 heterocycles. The molecule has 3 aromatic heterocycles. The summed E-state index contributed by atoms with van der Waals surface area (Å²) >= 11 is 0. The van der Waals surface area contributed by atoms with Gasteiger partial charge >= 0.3 is 0 Å². The van der Waals surface area contributed by atoms with Crippen molar-refractivity contribution in [3.05, 3.63) is 205 Å². The number of rotatable bonds is 8. The van der Waals surface area contributed by atoms with Crippen molar-refractivity contribution in [2.24, 2.45) is 0 Å². The summed E-state index contributed by atoms with van der Waals surface area (Å²) in [5.74, 6) is 2.68. The Balaban J connectivity index is 0.00000578. The first-order valence-electron chi connectivity index (χ1n) is 23.1. The summed E-state index contributed by atoms with van der Waals surface area (Å²) in [5, 5.41) is 7.68. The average molecular weight is 1070 g/mol. The van der Waals surface area contributed by atoms with Crippen LogP contribution in [-0.2, 0) is 37.3 Å². The van der Waals surface area contributed by atoms with Gasteiger partial charge in [-0.1, -0.05) is 183 Å². The van der Waals surface area contributed by atoms with Gasteiger partial charge in [-0.2, -0.15) is 22.9 Å². The molecule has 0 radical (unpaired) electrons. The molecule has 0 aliphatic heterocycles. The normalized spacial score (nSPS) is 12.1. The number of hydrogen-bond acceptors (Lipinski definition) is 3. The van der Waals surface area contributed by atoms with E-state index >= 15 is 0 Å². The van der Waals surface area contributed by atoms with Crippen molar-refractivity contribution in [3.63, 3.8) is 0 Å². The van der Waals surface area contributed by atoms with Crippen molar-refractivity contribution in [1.29, 1.82) is 0 Å². The smallest absolute Gasteiger partial charge is 0.233 e. The van der Waals surface area contributed by atoms with Gasteiger partial charge in [0.25, 0.3) is 0 Å². The maximum atomic E-state index is 6.67. The van der Waals surface area contributed by atoms with Gasteiger partial charge in [0.1, 0.15) is 5.82 Å². The Kier molecular flexibility index (Phi) is 12.2. The molecule has 10 rings (SSSR count). The van der Waals surface area contributed by atoms with E-state index in [4.69, 9.17) is 14.8 Å². The first kappa shape index (κ1) is 46.2. The molecular formula is C61H55N5OPt-2. The third kappa shape index (κ3) is 8.98. The van der Waals surface area contributed by atoms with Gasteiger partial charge < -0.3 is 13.9 Å². The summed E-state index contributed by atoms with van der Waals surface area (Å²) in [4.78, 5) is 4.87. The van der Waals surface area contributed by atoms with Crippen LogP contribution in [0, 0.1) is 18.5 Å². The quantitative estimate of drug-likeness (QED) is 0.113. The molecule has 0 saturated heterocycles. The molecule has 0 spiro atoms. The molecule has 10 aromatic rings. The molecule has 0 amide bonds. The molecule has 0 unspecified atom stereocenters. The van der Waals surface area contributed by atoms with Crippen LogP contribution in [0.15, 0.2) is 170 Å². The van der Waals surface area contributed by atoms with E-state index in [1.54, 1.807) is 4.68 Å². The second-order valence-electron chi connectivity index (χ2n) is 20.5. The van der Waals surface area contributed by atoms with E-state index < -0.39 is 0 Å². The van der Waals surface area contributed by atoms with Crippen molar-refractivity contribution in [2.45, 2.75) is 78.6 Å². The number of pyridine rings is 1. The minimum atomic E-state index is -0.106. The molecule has 0 aliphatic carbocycles. The van der Waals surface area contributed by atoms with E-state index in [0.29, 0.717) is 17.2 Å². The van der Waals surface area contributed by atoms with Crippen LogP contribution < -0.4 is 9.30 Å². The van der Waals surface area contributed by atoms with E-state index in [1.165, 1.54) is 16.7 Å². The predicted octanol–water partition coefficient (Wildman–Crippen LogP) is 14.7. The number of benzene rings is 7. The zero-order valence-corrected chi connectivity index (χ0v) is 42.4. The Morgan fingerprint density at radius 3 is 1.75 bits per heavy atom. The van der Waals surface area contributed by atoms with E-state index in [-0.39, 0.29) is 37.3 Å². The maximum absolute atomic E-state index is 6.67. The molecule has 6 nitrogen and oxygen atoms in total. The van der Waals surface area contributed by atoms with E-state index in [2.05, 4.69) is 229 Å². The van der Waals surface area contributed by atoms with Gasteiger partial charge in [0.05, 0.1) is 0 Å². The van der Waals surface area contributed by atoms with Crippen LogP contribution >= 0.6 is 0 Å². The summed E-state index contributed by atoms with van der Waals surface area (Å²) < 4.78 is 12.8. The SMILES string of the molecule is CC(C)(C)c1cc(-[n+]2[c-]n(-c3[c-]c(Oc4[c-]c5c(cc4)c4ccccc4n5-c4cc(C(C)(C)C)ccn4)ccc3)nc2-c2c(-c3ccccc3)cccc2-c2ccccc2)cc(C(C)(C)C)c1.[Pt]. The number of fused-ring (bicyclic) bond motifs is 3. The van der Waals surface area contributed by atoms with Crippen molar-refractivity contribution in [1.82, 2.24) is 19.3 Å². The van der Waals surface area contributed by atoms with Gasteiger partial charge in [0.15, 0.2) is 0 Å². The van der Waals surface area contributed by atoms with Crippen LogP contribution in [0.2, 0.25) is 0 Å². The first-order valence-corrected chi connectivity index (χ1v) is 23.1. The molecule has 7 aromatic carbocycles. The zero-order chi connectivity index (χ0) is 46.7. The number of aromatic nitrogens is 5.